The lowest BCUT2D eigenvalue weighted by Crippen LogP contribution is -2.36. The summed E-state index contributed by atoms with van der Waals surface area (Å²) in [6, 6.07) is 11.7. The van der Waals surface area contributed by atoms with Crippen molar-refractivity contribution in [3.8, 4) is 17.2 Å². The Bertz CT molecular complexity index is 1050. The zero-order valence-corrected chi connectivity index (χ0v) is 20.0. The number of benzene rings is 2. The van der Waals surface area contributed by atoms with Crippen LogP contribution in [0.1, 0.15) is 5.56 Å². The molecule has 0 aromatic heterocycles. The van der Waals surface area contributed by atoms with Gasteiger partial charge < -0.3 is 23.8 Å². The summed E-state index contributed by atoms with van der Waals surface area (Å²) >= 11 is 1.33. The largest absolute Gasteiger partial charge is 0.493 e. The van der Waals surface area contributed by atoms with Gasteiger partial charge in [0, 0.05) is 25.8 Å². The van der Waals surface area contributed by atoms with Crippen molar-refractivity contribution in [2.24, 2.45) is 4.99 Å². The Kier molecular flexibility index (Phi) is 7.10. The number of nitrogens with zero attached hydrogens (tertiary/aromatic N) is 3. The van der Waals surface area contributed by atoms with E-state index < -0.39 is 0 Å². The molecule has 2 heterocycles. The second-order valence-electron chi connectivity index (χ2n) is 7.44. The van der Waals surface area contributed by atoms with Crippen molar-refractivity contribution in [1.29, 1.82) is 0 Å². The molecule has 1 amide bonds. The molecule has 2 aromatic carbocycles. The third-order valence-corrected chi connectivity index (χ3v) is 6.50. The molecule has 33 heavy (non-hydrogen) atoms. The number of ether oxygens (including phenoxy) is 4. The van der Waals surface area contributed by atoms with Crippen molar-refractivity contribution in [1.82, 2.24) is 4.90 Å². The number of rotatable bonds is 6. The monoisotopic (exact) mass is 469 g/mol. The Hall–Kier alpha value is -3.17. The summed E-state index contributed by atoms with van der Waals surface area (Å²) in [5.41, 5.74) is 2.71. The van der Waals surface area contributed by atoms with Crippen LogP contribution >= 0.6 is 11.8 Å². The van der Waals surface area contributed by atoms with Crippen LogP contribution < -0.4 is 19.1 Å². The van der Waals surface area contributed by atoms with E-state index in [0.29, 0.717) is 27.3 Å². The number of carbonyl (C=O) groups excluding carboxylic acids is 1. The third kappa shape index (κ3) is 4.94. The predicted molar refractivity (Wildman–Crippen MR) is 131 cm³/mol. The summed E-state index contributed by atoms with van der Waals surface area (Å²) in [5, 5.41) is 0.623. The van der Waals surface area contributed by atoms with Gasteiger partial charge in [0.25, 0.3) is 5.91 Å². The zero-order chi connectivity index (χ0) is 23.4. The molecule has 0 radical (unpaired) electrons. The van der Waals surface area contributed by atoms with Crippen LogP contribution in [0.4, 0.5) is 11.4 Å². The number of thioether (sulfide) groups is 1. The highest BCUT2D eigenvalue weighted by atomic mass is 32.2. The number of amidine groups is 1. The molecule has 9 heteroatoms. The van der Waals surface area contributed by atoms with Gasteiger partial charge >= 0.3 is 0 Å². The lowest BCUT2D eigenvalue weighted by atomic mass is 10.1. The predicted octanol–water partition coefficient (Wildman–Crippen LogP) is 3.78. The minimum Gasteiger partial charge on any atom is -0.493 e. The van der Waals surface area contributed by atoms with Crippen LogP contribution in [0.2, 0.25) is 0 Å². The molecule has 0 atom stereocenters. The van der Waals surface area contributed by atoms with Crippen molar-refractivity contribution >= 4 is 40.3 Å². The van der Waals surface area contributed by atoms with Crippen LogP contribution in [0.3, 0.4) is 0 Å². The number of carbonyl (C=O) groups is 1. The normalized spacial score (nSPS) is 18.8. The van der Waals surface area contributed by atoms with Gasteiger partial charge in [-0.1, -0.05) is 0 Å². The first-order chi connectivity index (χ1) is 16.0. The Balaban J connectivity index is 1.56. The molecule has 2 aromatic rings. The molecular formula is C24H27N3O5S. The van der Waals surface area contributed by atoms with Gasteiger partial charge in [-0.15, -0.1) is 0 Å². The van der Waals surface area contributed by atoms with Gasteiger partial charge in [0.05, 0.1) is 45.1 Å². The smallest absolute Gasteiger partial charge is 0.266 e. The molecule has 2 saturated heterocycles. The number of hydrogen-bond acceptors (Lipinski definition) is 8. The number of amides is 1. The molecule has 0 aliphatic carbocycles. The lowest BCUT2D eigenvalue weighted by molar-refractivity contribution is -0.121. The van der Waals surface area contributed by atoms with Crippen molar-refractivity contribution in [3.05, 3.63) is 46.9 Å². The summed E-state index contributed by atoms with van der Waals surface area (Å²) in [4.78, 5) is 22.0. The van der Waals surface area contributed by atoms with E-state index >= 15 is 0 Å². The molecular weight excluding hydrogens is 442 g/mol. The van der Waals surface area contributed by atoms with Crippen molar-refractivity contribution in [2.45, 2.75) is 0 Å². The van der Waals surface area contributed by atoms with Crippen LogP contribution in [0.15, 0.2) is 46.3 Å². The zero-order valence-electron chi connectivity index (χ0n) is 19.2. The highest BCUT2D eigenvalue weighted by molar-refractivity contribution is 8.18. The summed E-state index contributed by atoms with van der Waals surface area (Å²) in [7, 11) is 6.41. The number of anilines is 1. The molecule has 8 nitrogen and oxygen atoms in total. The Morgan fingerprint density at radius 3 is 2.21 bits per heavy atom. The van der Waals surface area contributed by atoms with Crippen LogP contribution in [-0.2, 0) is 9.53 Å². The van der Waals surface area contributed by atoms with E-state index in [4.69, 9.17) is 23.9 Å². The van der Waals surface area contributed by atoms with Gasteiger partial charge in [-0.05, 0) is 59.8 Å². The second kappa shape index (κ2) is 10.2. The molecule has 0 N–H and O–H groups in total. The first kappa shape index (κ1) is 23.0. The standard InChI is InChI=1S/C24H27N3O5S/c1-26-23(28)21(15-16-13-19(29-2)22(31-4)20(14-16)30-3)33-24(26)25-17-5-7-18(8-6-17)27-9-11-32-12-10-27/h5-8,13-15H,9-12H2,1-4H3/b21-15-,25-24?. The summed E-state index contributed by atoms with van der Waals surface area (Å²) < 4.78 is 21.6. The van der Waals surface area contributed by atoms with E-state index in [2.05, 4.69) is 17.0 Å². The second-order valence-corrected chi connectivity index (χ2v) is 8.45. The molecule has 2 fully saturated rings. The van der Waals surface area contributed by atoms with Gasteiger partial charge in [-0.2, -0.15) is 0 Å². The number of morpholine rings is 1. The topological polar surface area (TPSA) is 72.8 Å². The molecule has 0 unspecified atom stereocenters. The van der Waals surface area contributed by atoms with E-state index in [1.165, 1.54) is 11.8 Å². The van der Waals surface area contributed by atoms with E-state index in [-0.39, 0.29) is 5.91 Å². The van der Waals surface area contributed by atoms with Crippen LogP contribution in [0.25, 0.3) is 6.08 Å². The quantitative estimate of drug-likeness (QED) is 0.596. The molecule has 174 valence electrons. The van der Waals surface area contributed by atoms with Crippen LogP contribution in [-0.4, -0.2) is 70.7 Å². The number of methoxy groups -OCH3 is 3. The van der Waals surface area contributed by atoms with Crippen molar-refractivity contribution in [3.63, 3.8) is 0 Å². The van der Waals surface area contributed by atoms with E-state index in [0.717, 1.165) is 43.2 Å². The Morgan fingerprint density at radius 1 is 1.00 bits per heavy atom. The SMILES string of the molecule is COc1cc(/C=C2\SC(=Nc3ccc(N4CCOCC4)cc3)N(C)C2=O)cc(OC)c1OC. The number of hydrogen-bond donors (Lipinski definition) is 0. The number of aliphatic imine (C=N–C) groups is 1. The van der Waals surface area contributed by atoms with Crippen LogP contribution in [0.5, 0.6) is 17.2 Å². The first-order valence-electron chi connectivity index (χ1n) is 10.5. The maximum Gasteiger partial charge on any atom is 0.266 e. The average Bonchev–Trinajstić information content (AvgIpc) is 3.11. The minimum atomic E-state index is -0.113. The molecule has 2 aliphatic rings. The average molecular weight is 470 g/mol. The van der Waals surface area contributed by atoms with Crippen molar-refractivity contribution in [2.75, 3.05) is 59.6 Å². The molecule has 4 rings (SSSR count). The summed E-state index contributed by atoms with van der Waals surface area (Å²) in [5.74, 6) is 1.45. The molecule has 0 bridgehead atoms. The minimum absolute atomic E-state index is 0.113. The van der Waals surface area contributed by atoms with Gasteiger partial charge in [0.2, 0.25) is 5.75 Å². The van der Waals surface area contributed by atoms with Gasteiger partial charge in [0.1, 0.15) is 0 Å². The fourth-order valence-electron chi connectivity index (χ4n) is 3.66. The van der Waals surface area contributed by atoms with Crippen molar-refractivity contribution < 1.29 is 23.7 Å². The van der Waals surface area contributed by atoms with E-state index in [1.807, 2.05) is 24.3 Å². The first-order valence-corrected chi connectivity index (χ1v) is 11.3. The highest BCUT2D eigenvalue weighted by Gasteiger charge is 2.30. The van der Waals surface area contributed by atoms with E-state index in [1.54, 1.807) is 39.4 Å². The summed E-state index contributed by atoms with van der Waals surface area (Å²) in [6.07, 6.45) is 1.80. The van der Waals surface area contributed by atoms with Gasteiger partial charge in [-0.25, -0.2) is 4.99 Å². The van der Waals surface area contributed by atoms with Gasteiger partial charge in [-0.3, -0.25) is 9.69 Å². The molecule has 0 saturated carbocycles. The fourth-order valence-corrected chi connectivity index (χ4v) is 4.64. The molecule has 0 spiro atoms. The fraction of sp³-hybridized carbons (Fsp3) is 0.333. The summed E-state index contributed by atoms with van der Waals surface area (Å²) in [6.45, 7) is 3.26. The van der Waals surface area contributed by atoms with Gasteiger partial charge in [0.15, 0.2) is 16.7 Å². The Labute approximate surface area is 197 Å². The molecule has 2 aliphatic heterocycles. The highest BCUT2D eigenvalue weighted by Crippen LogP contribution is 2.40. The lowest BCUT2D eigenvalue weighted by Gasteiger charge is -2.28. The maximum atomic E-state index is 12.9. The number of likely N-dealkylation sites (N-methyl/N-ethyl adjacent to an activating group) is 1. The van der Waals surface area contributed by atoms with E-state index in [9.17, 15) is 4.79 Å². The maximum absolute atomic E-state index is 12.9. The third-order valence-electron chi connectivity index (χ3n) is 5.44. The van der Waals surface area contributed by atoms with Crippen LogP contribution in [0, 0.1) is 0 Å². The Morgan fingerprint density at radius 2 is 1.64 bits per heavy atom.